The van der Waals surface area contributed by atoms with Crippen LogP contribution in [0.5, 0.6) is 0 Å². The molecule has 14 heavy (non-hydrogen) atoms. The van der Waals surface area contributed by atoms with Crippen molar-refractivity contribution in [3.8, 4) is 0 Å². The van der Waals surface area contributed by atoms with E-state index in [1.807, 2.05) is 6.92 Å². The number of aliphatic hydroxyl groups is 1. The second kappa shape index (κ2) is 4.11. The van der Waals surface area contributed by atoms with Crippen LogP contribution in [0.25, 0.3) is 0 Å². The molecule has 0 unspecified atom stereocenters. The van der Waals surface area contributed by atoms with Crippen molar-refractivity contribution < 1.29 is 5.11 Å². The summed E-state index contributed by atoms with van der Waals surface area (Å²) in [6.07, 6.45) is -0.504. The van der Waals surface area contributed by atoms with Gasteiger partial charge in [-0.15, -0.1) is 0 Å². The van der Waals surface area contributed by atoms with Gasteiger partial charge in [-0.3, -0.25) is 0 Å². The topological polar surface area (TPSA) is 46.2 Å². The van der Waals surface area contributed by atoms with E-state index in [0.717, 1.165) is 11.1 Å². The van der Waals surface area contributed by atoms with Crippen LogP contribution in [0, 0.1) is 20.8 Å². The smallest absolute Gasteiger partial charge is 0.0704 e. The quantitative estimate of drug-likeness (QED) is 0.754. The van der Waals surface area contributed by atoms with Crippen molar-refractivity contribution >= 4 is 0 Å². The molecule has 2 nitrogen and oxygen atoms in total. The summed E-state index contributed by atoms with van der Waals surface area (Å²) in [6, 6.07) is 3.91. The average molecular weight is 193 g/mol. The largest absolute Gasteiger partial charge is 0.391 e. The highest BCUT2D eigenvalue weighted by Crippen LogP contribution is 2.22. The van der Waals surface area contributed by atoms with E-state index in [1.54, 1.807) is 6.92 Å². The second-order valence-electron chi connectivity index (χ2n) is 4.06. The van der Waals surface area contributed by atoms with Crippen molar-refractivity contribution in [2.75, 3.05) is 0 Å². The molecule has 0 aliphatic rings. The summed E-state index contributed by atoms with van der Waals surface area (Å²) < 4.78 is 0. The van der Waals surface area contributed by atoms with Crippen LogP contribution in [0.4, 0.5) is 0 Å². The van der Waals surface area contributed by atoms with Crippen molar-refractivity contribution in [3.05, 3.63) is 34.4 Å². The molecule has 0 heterocycles. The summed E-state index contributed by atoms with van der Waals surface area (Å²) in [4.78, 5) is 0. The van der Waals surface area contributed by atoms with Gasteiger partial charge >= 0.3 is 0 Å². The van der Waals surface area contributed by atoms with Gasteiger partial charge < -0.3 is 10.8 Å². The minimum atomic E-state index is -0.504. The van der Waals surface area contributed by atoms with Crippen molar-refractivity contribution in [2.24, 2.45) is 5.73 Å². The summed E-state index contributed by atoms with van der Waals surface area (Å²) in [5.74, 6) is 0. The minimum absolute atomic E-state index is 0.283. The normalized spacial score (nSPS) is 15.3. The van der Waals surface area contributed by atoms with Gasteiger partial charge in [0.1, 0.15) is 0 Å². The molecule has 78 valence electrons. The number of benzene rings is 1. The maximum Gasteiger partial charge on any atom is 0.0704 e. The van der Waals surface area contributed by atoms with Gasteiger partial charge in [-0.05, 0) is 49.9 Å². The lowest BCUT2D eigenvalue weighted by molar-refractivity contribution is 0.164. The summed E-state index contributed by atoms with van der Waals surface area (Å²) in [7, 11) is 0. The third-order valence-corrected chi connectivity index (χ3v) is 2.76. The predicted octanol–water partition coefficient (Wildman–Crippen LogP) is 1.99. The van der Waals surface area contributed by atoms with Crippen molar-refractivity contribution in [2.45, 2.75) is 39.8 Å². The zero-order chi connectivity index (χ0) is 10.9. The molecule has 3 N–H and O–H groups in total. The molecule has 2 heteroatoms. The van der Waals surface area contributed by atoms with E-state index >= 15 is 0 Å². The fourth-order valence-corrected chi connectivity index (χ4v) is 1.60. The van der Waals surface area contributed by atoms with Crippen LogP contribution >= 0.6 is 0 Å². The molecule has 1 aromatic rings. The zero-order valence-electron chi connectivity index (χ0n) is 9.33. The van der Waals surface area contributed by atoms with Gasteiger partial charge in [0.15, 0.2) is 0 Å². The van der Waals surface area contributed by atoms with Crippen LogP contribution in [0.2, 0.25) is 0 Å². The van der Waals surface area contributed by atoms with Crippen LogP contribution in [-0.2, 0) is 0 Å². The summed E-state index contributed by atoms with van der Waals surface area (Å²) in [5.41, 5.74) is 10.6. The van der Waals surface area contributed by atoms with E-state index in [2.05, 4.69) is 26.0 Å². The fraction of sp³-hybridized carbons (Fsp3) is 0.500. The number of rotatable bonds is 2. The molecule has 0 saturated carbocycles. The molecule has 0 radical (unpaired) electrons. The third kappa shape index (κ3) is 2.14. The minimum Gasteiger partial charge on any atom is -0.391 e. The highest BCUT2D eigenvalue weighted by molar-refractivity contribution is 5.38. The van der Waals surface area contributed by atoms with Crippen LogP contribution in [0.1, 0.15) is 35.2 Å². The van der Waals surface area contributed by atoms with Gasteiger partial charge in [0.25, 0.3) is 0 Å². The van der Waals surface area contributed by atoms with E-state index < -0.39 is 6.10 Å². The molecule has 0 amide bonds. The summed E-state index contributed by atoms with van der Waals surface area (Å²) in [5, 5.41) is 9.43. The lowest BCUT2D eigenvalue weighted by Crippen LogP contribution is -2.24. The Balaban J connectivity index is 3.15. The Kier molecular flexibility index (Phi) is 3.29. The Morgan fingerprint density at radius 3 is 2.07 bits per heavy atom. The second-order valence-corrected chi connectivity index (χ2v) is 4.06. The molecule has 1 aromatic carbocycles. The first kappa shape index (κ1) is 11.2. The average Bonchev–Trinajstić information content (AvgIpc) is 2.10. The van der Waals surface area contributed by atoms with Crippen molar-refractivity contribution in [3.63, 3.8) is 0 Å². The van der Waals surface area contributed by atoms with Crippen LogP contribution < -0.4 is 5.73 Å². The number of hydrogen-bond acceptors (Lipinski definition) is 2. The van der Waals surface area contributed by atoms with Crippen LogP contribution in [0.3, 0.4) is 0 Å². The Hall–Kier alpha value is -0.860. The van der Waals surface area contributed by atoms with Crippen LogP contribution in [0.15, 0.2) is 12.1 Å². The third-order valence-electron chi connectivity index (χ3n) is 2.76. The SMILES string of the molecule is Cc1cc(C)c([C@H](N)[C@@H](C)O)cc1C. The first-order valence-electron chi connectivity index (χ1n) is 4.95. The Bertz CT molecular complexity index is 331. The van der Waals surface area contributed by atoms with Gasteiger partial charge in [0, 0.05) is 0 Å². The molecular weight excluding hydrogens is 174 g/mol. The molecule has 0 bridgehead atoms. The fourth-order valence-electron chi connectivity index (χ4n) is 1.60. The van der Waals surface area contributed by atoms with E-state index in [-0.39, 0.29) is 6.04 Å². The molecule has 0 aliphatic carbocycles. The maximum atomic E-state index is 9.43. The molecule has 0 saturated heterocycles. The van der Waals surface area contributed by atoms with Crippen molar-refractivity contribution in [1.29, 1.82) is 0 Å². The van der Waals surface area contributed by atoms with Gasteiger partial charge in [0.05, 0.1) is 12.1 Å². The number of nitrogens with two attached hydrogens (primary N) is 1. The van der Waals surface area contributed by atoms with Gasteiger partial charge in [-0.1, -0.05) is 12.1 Å². The van der Waals surface area contributed by atoms with E-state index in [1.165, 1.54) is 11.1 Å². The number of hydrogen-bond donors (Lipinski definition) is 2. The Morgan fingerprint density at radius 1 is 1.07 bits per heavy atom. The van der Waals surface area contributed by atoms with E-state index in [0.29, 0.717) is 0 Å². The van der Waals surface area contributed by atoms with Gasteiger partial charge in [-0.2, -0.15) is 0 Å². The predicted molar refractivity (Wildman–Crippen MR) is 59.3 cm³/mol. The van der Waals surface area contributed by atoms with Gasteiger partial charge in [-0.25, -0.2) is 0 Å². The standard InChI is InChI=1S/C12H19NO/c1-7-5-9(3)11(6-8(7)2)12(13)10(4)14/h5-6,10,12,14H,13H2,1-4H3/t10-,12-/m1/s1. The highest BCUT2D eigenvalue weighted by Gasteiger charge is 2.14. The molecule has 0 aliphatic heterocycles. The lowest BCUT2D eigenvalue weighted by Gasteiger charge is -2.19. The molecule has 0 aromatic heterocycles. The summed E-state index contributed by atoms with van der Waals surface area (Å²) >= 11 is 0. The zero-order valence-corrected chi connectivity index (χ0v) is 9.33. The monoisotopic (exact) mass is 193 g/mol. The lowest BCUT2D eigenvalue weighted by atomic mass is 9.94. The summed E-state index contributed by atoms with van der Waals surface area (Å²) in [6.45, 7) is 7.90. The van der Waals surface area contributed by atoms with Crippen molar-refractivity contribution in [1.82, 2.24) is 0 Å². The number of aryl methyl sites for hydroxylation is 3. The van der Waals surface area contributed by atoms with Gasteiger partial charge in [0.2, 0.25) is 0 Å². The maximum absolute atomic E-state index is 9.43. The molecule has 2 atom stereocenters. The molecule has 0 spiro atoms. The molecule has 0 fully saturated rings. The molecule has 1 rings (SSSR count). The van der Waals surface area contributed by atoms with E-state index in [4.69, 9.17) is 5.73 Å². The van der Waals surface area contributed by atoms with E-state index in [9.17, 15) is 5.11 Å². The first-order chi connectivity index (χ1) is 6.43. The molecular formula is C12H19NO. The van der Waals surface area contributed by atoms with Crippen LogP contribution in [-0.4, -0.2) is 11.2 Å². The Labute approximate surface area is 85.8 Å². The first-order valence-corrected chi connectivity index (χ1v) is 4.95. The Morgan fingerprint density at radius 2 is 1.57 bits per heavy atom. The highest BCUT2D eigenvalue weighted by atomic mass is 16.3. The number of aliphatic hydroxyl groups excluding tert-OH is 1.